The third-order valence-electron chi connectivity index (χ3n) is 2.37. The minimum absolute atomic E-state index is 0.138. The summed E-state index contributed by atoms with van der Waals surface area (Å²) in [6.45, 7) is 0. The van der Waals surface area contributed by atoms with Crippen LogP contribution in [0.15, 0.2) is 35.5 Å². The first kappa shape index (κ1) is 11.9. The van der Waals surface area contributed by atoms with E-state index in [1.54, 1.807) is 0 Å². The molecule has 0 fully saturated rings. The number of carbonyl (C=O) groups is 2. The van der Waals surface area contributed by atoms with E-state index in [4.69, 9.17) is 9.52 Å². The maximum absolute atomic E-state index is 11.7. The molecule has 1 amide bonds. The van der Waals surface area contributed by atoms with E-state index in [-0.39, 0.29) is 12.0 Å². The largest absolute Gasteiger partial charge is 0.480 e. The minimum atomic E-state index is -1.11. The first-order chi connectivity index (χ1) is 8.66. The normalized spacial score (nSPS) is 12.0. The Kier molecular flexibility index (Phi) is 3.42. The van der Waals surface area contributed by atoms with E-state index in [0.29, 0.717) is 5.69 Å². The molecule has 1 unspecified atom stereocenters. The Balaban J connectivity index is 2.03. The van der Waals surface area contributed by atoms with Crippen molar-refractivity contribution in [1.29, 1.82) is 0 Å². The lowest BCUT2D eigenvalue weighted by Crippen LogP contribution is -2.42. The Morgan fingerprint density at radius 2 is 2.39 bits per heavy atom. The molecule has 2 aromatic heterocycles. The predicted molar refractivity (Wildman–Crippen MR) is 59.9 cm³/mol. The average molecular weight is 249 g/mol. The lowest BCUT2D eigenvalue weighted by molar-refractivity contribution is -0.139. The number of hydrogen-bond acceptors (Lipinski definition) is 4. The minimum Gasteiger partial charge on any atom is -0.480 e. The van der Waals surface area contributed by atoms with Gasteiger partial charge in [0, 0.05) is 18.3 Å². The van der Waals surface area contributed by atoms with E-state index < -0.39 is 17.9 Å². The highest BCUT2D eigenvalue weighted by molar-refractivity contribution is 5.96. The van der Waals surface area contributed by atoms with Gasteiger partial charge in [-0.2, -0.15) is 0 Å². The number of carboxylic acid groups (broad SMARTS) is 1. The van der Waals surface area contributed by atoms with Gasteiger partial charge in [-0.1, -0.05) is 0 Å². The first-order valence-corrected chi connectivity index (χ1v) is 5.20. The number of aromatic nitrogens is 2. The second-order valence-corrected chi connectivity index (χ2v) is 3.66. The summed E-state index contributed by atoms with van der Waals surface area (Å²) in [5.74, 6) is -1.60. The molecule has 0 bridgehead atoms. The van der Waals surface area contributed by atoms with Crippen LogP contribution in [0.25, 0.3) is 0 Å². The molecule has 0 spiro atoms. The molecule has 0 aliphatic carbocycles. The Hall–Kier alpha value is -2.57. The number of furan rings is 1. The van der Waals surface area contributed by atoms with Crippen molar-refractivity contribution in [2.45, 2.75) is 12.5 Å². The topological polar surface area (TPSA) is 108 Å². The summed E-state index contributed by atoms with van der Waals surface area (Å²) in [6.07, 6.45) is 5.70. The van der Waals surface area contributed by atoms with Gasteiger partial charge in [0.05, 0.1) is 18.2 Å². The van der Waals surface area contributed by atoms with Crippen LogP contribution in [0.2, 0.25) is 0 Å². The number of H-pyrrole nitrogens is 1. The van der Waals surface area contributed by atoms with Crippen molar-refractivity contribution in [2.75, 3.05) is 0 Å². The zero-order valence-electron chi connectivity index (χ0n) is 9.29. The summed E-state index contributed by atoms with van der Waals surface area (Å²) in [4.78, 5) is 29.3. The quantitative estimate of drug-likeness (QED) is 0.712. The highest BCUT2D eigenvalue weighted by Gasteiger charge is 2.22. The molecule has 7 nitrogen and oxygen atoms in total. The molecule has 0 radical (unpaired) electrons. The molecule has 3 N–H and O–H groups in total. The molecule has 0 aliphatic rings. The molecular weight excluding hydrogens is 238 g/mol. The van der Waals surface area contributed by atoms with Crippen LogP contribution in [-0.2, 0) is 11.2 Å². The Morgan fingerprint density at radius 1 is 1.56 bits per heavy atom. The molecule has 0 aromatic carbocycles. The number of rotatable bonds is 5. The highest BCUT2D eigenvalue weighted by atomic mass is 16.4. The molecule has 2 heterocycles. The molecule has 94 valence electrons. The van der Waals surface area contributed by atoms with Crippen LogP contribution >= 0.6 is 0 Å². The Bertz CT molecular complexity index is 518. The van der Waals surface area contributed by atoms with Gasteiger partial charge in [0.2, 0.25) is 0 Å². The number of aliphatic carboxylic acids is 1. The summed E-state index contributed by atoms with van der Waals surface area (Å²) in [7, 11) is 0. The van der Waals surface area contributed by atoms with Gasteiger partial charge in [-0.25, -0.2) is 9.78 Å². The van der Waals surface area contributed by atoms with Crippen molar-refractivity contribution in [3.63, 3.8) is 0 Å². The van der Waals surface area contributed by atoms with Gasteiger partial charge in [0.1, 0.15) is 12.3 Å². The number of hydrogen-bond donors (Lipinski definition) is 3. The van der Waals surface area contributed by atoms with Gasteiger partial charge < -0.3 is 19.8 Å². The van der Waals surface area contributed by atoms with Crippen LogP contribution in [0, 0.1) is 0 Å². The lowest BCUT2D eigenvalue weighted by Gasteiger charge is -2.12. The lowest BCUT2D eigenvalue weighted by atomic mass is 10.1. The van der Waals surface area contributed by atoms with E-state index in [9.17, 15) is 9.59 Å². The van der Waals surface area contributed by atoms with E-state index in [2.05, 4.69) is 15.3 Å². The van der Waals surface area contributed by atoms with Gasteiger partial charge in [-0.15, -0.1) is 0 Å². The van der Waals surface area contributed by atoms with Gasteiger partial charge in [0.25, 0.3) is 5.91 Å². The van der Waals surface area contributed by atoms with E-state index in [1.165, 1.54) is 31.1 Å². The molecule has 2 rings (SSSR count). The molecule has 18 heavy (non-hydrogen) atoms. The van der Waals surface area contributed by atoms with Crippen molar-refractivity contribution in [2.24, 2.45) is 0 Å². The van der Waals surface area contributed by atoms with E-state index >= 15 is 0 Å². The third kappa shape index (κ3) is 2.76. The standard InChI is InChI=1S/C11H11N3O4/c15-10(7-1-2-18-5-7)14-9(11(16)17)3-8-4-12-6-13-8/h1-2,4-6,9H,3H2,(H,12,13)(H,14,15)(H,16,17). The number of carboxylic acids is 1. The summed E-state index contributed by atoms with van der Waals surface area (Å²) >= 11 is 0. The van der Waals surface area contributed by atoms with Crippen LogP contribution in [0.1, 0.15) is 16.1 Å². The zero-order valence-corrected chi connectivity index (χ0v) is 9.29. The summed E-state index contributed by atoms with van der Waals surface area (Å²) in [6, 6.07) is 0.442. The molecule has 0 saturated heterocycles. The van der Waals surface area contributed by atoms with E-state index in [0.717, 1.165) is 0 Å². The summed E-state index contributed by atoms with van der Waals surface area (Å²) in [5.41, 5.74) is 0.917. The van der Waals surface area contributed by atoms with Crippen molar-refractivity contribution in [1.82, 2.24) is 15.3 Å². The van der Waals surface area contributed by atoms with Gasteiger partial charge >= 0.3 is 5.97 Å². The summed E-state index contributed by atoms with van der Waals surface area (Å²) < 4.78 is 4.76. The molecular formula is C11H11N3O4. The van der Waals surface area contributed by atoms with Crippen molar-refractivity contribution < 1.29 is 19.1 Å². The van der Waals surface area contributed by atoms with Crippen molar-refractivity contribution in [3.8, 4) is 0 Å². The average Bonchev–Trinajstić information content (AvgIpc) is 3.00. The van der Waals surface area contributed by atoms with Crippen molar-refractivity contribution in [3.05, 3.63) is 42.4 Å². The van der Waals surface area contributed by atoms with E-state index in [1.807, 2.05) is 0 Å². The number of amides is 1. The third-order valence-corrected chi connectivity index (χ3v) is 2.37. The number of carbonyl (C=O) groups excluding carboxylic acids is 1. The van der Waals surface area contributed by atoms with Crippen LogP contribution in [0.4, 0.5) is 0 Å². The maximum atomic E-state index is 11.7. The van der Waals surface area contributed by atoms with Crippen LogP contribution in [0.3, 0.4) is 0 Å². The van der Waals surface area contributed by atoms with Crippen molar-refractivity contribution >= 4 is 11.9 Å². The Labute approximate surface area is 102 Å². The van der Waals surface area contributed by atoms with Gasteiger partial charge in [0.15, 0.2) is 0 Å². The fourth-order valence-corrected chi connectivity index (χ4v) is 1.45. The zero-order chi connectivity index (χ0) is 13.0. The number of nitrogens with zero attached hydrogens (tertiary/aromatic N) is 1. The SMILES string of the molecule is O=C(NC(Cc1cnc[nH]1)C(=O)O)c1ccoc1. The molecule has 2 aromatic rings. The fourth-order valence-electron chi connectivity index (χ4n) is 1.45. The van der Waals surface area contributed by atoms with Crippen LogP contribution < -0.4 is 5.32 Å². The molecule has 7 heteroatoms. The Morgan fingerprint density at radius 3 is 2.94 bits per heavy atom. The van der Waals surface area contributed by atoms with Crippen LogP contribution in [-0.4, -0.2) is 33.0 Å². The number of imidazole rings is 1. The highest BCUT2D eigenvalue weighted by Crippen LogP contribution is 2.03. The predicted octanol–water partition coefficient (Wildman–Crippen LogP) is 0.428. The molecule has 0 aliphatic heterocycles. The first-order valence-electron chi connectivity index (χ1n) is 5.20. The van der Waals surface area contributed by atoms with Gasteiger partial charge in [-0.05, 0) is 6.07 Å². The smallest absolute Gasteiger partial charge is 0.326 e. The summed E-state index contributed by atoms with van der Waals surface area (Å²) in [5, 5.41) is 11.5. The van der Waals surface area contributed by atoms with Crippen LogP contribution in [0.5, 0.6) is 0 Å². The number of aromatic amines is 1. The number of nitrogens with one attached hydrogen (secondary N) is 2. The molecule has 1 atom stereocenters. The second-order valence-electron chi connectivity index (χ2n) is 3.66. The fraction of sp³-hybridized carbons (Fsp3) is 0.182. The maximum Gasteiger partial charge on any atom is 0.326 e. The van der Waals surface area contributed by atoms with Gasteiger partial charge in [-0.3, -0.25) is 4.79 Å². The monoisotopic (exact) mass is 249 g/mol. The second kappa shape index (κ2) is 5.17. The molecule has 0 saturated carbocycles.